The molecule has 1 aromatic rings. The normalized spacial score (nSPS) is 24.1. The number of nitrogens with one attached hydrogen (secondary N) is 1. The Morgan fingerprint density at radius 2 is 2.21 bits per heavy atom. The Morgan fingerprint density at radius 3 is 2.89 bits per heavy atom. The van der Waals surface area contributed by atoms with Gasteiger partial charge in [0.25, 0.3) is 0 Å². The standard InChI is InChI=1S/C15H23NO3/c1-10-4-3-5-12(7-6-10)16-9-13-8-14(15(17)18)11(2)19-13/h8,10,12,16H,3-7,9H2,1-2H3,(H,17,18). The summed E-state index contributed by atoms with van der Waals surface area (Å²) in [5.74, 6) is 1.11. The zero-order valence-electron chi connectivity index (χ0n) is 11.7. The van der Waals surface area contributed by atoms with Crippen LogP contribution in [0.25, 0.3) is 0 Å². The predicted molar refractivity (Wildman–Crippen MR) is 73.3 cm³/mol. The third kappa shape index (κ3) is 3.83. The van der Waals surface area contributed by atoms with Crippen LogP contribution >= 0.6 is 0 Å². The Balaban J connectivity index is 1.88. The highest BCUT2D eigenvalue weighted by molar-refractivity contribution is 5.88. The van der Waals surface area contributed by atoms with Crippen LogP contribution < -0.4 is 5.32 Å². The number of hydrogen-bond donors (Lipinski definition) is 2. The molecule has 0 spiro atoms. The van der Waals surface area contributed by atoms with Gasteiger partial charge >= 0.3 is 5.97 Å². The molecule has 0 radical (unpaired) electrons. The first-order valence-electron chi connectivity index (χ1n) is 7.12. The molecule has 19 heavy (non-hydrogen) atoms. The molecule has 4 nitrogen and oxygen atoms in total. The van der Waals surface area contributed by atoms with E-state index in [-0.39, 0.29) is 5.56 Å². The number of hydrogen-bond acceptors (Lipinski definition) is 3. The van der Waals surface area contributed by atoms with Crippen molar-refractivity contribution >= 4 is 5.97 Å². The molecule has 1 aliphatic rings. The van der Waals surface area contributed by atoms with Crippen molar-refractivity contribution in [2.24, 2.45) is 5.92 Å². The van der Waals surface area contributed by atoms with E-state index in [1.807, 2.05) is 0 Å². The third-order valence-corrected chi connectivity index (χ3v) is 4.02. The minimum atomic E-state index is -0.921. The average Bonchev–Trinajstić information content (AvgIpc) is 2.60. The minimum absolute atomic E-state index is 0.270. The molecule has 2 N–H and O–H groups in total. The first-order valence-corrected chi connectivity index (χ1v) is 7.12. The molecule has 0 aliphatic heterocycles. The van der Waals surface area contributed by atoms with Crippen LogP contribution in [0.4, 0.5) is 0 Å². The van der Waals surface area contributed by atoms with Crippen molar-refractivity contribution in [3.05, 3.63) is 23.2 Å². The van der Waals surface area contributed by atoms with Gasteiger partial charge in [-0.2, -0.15) is 0 Å². The lowest BCUT2D eigenvalue weighted by molar-refractivity contribution is 0.0695. The zero-order chi connectivity index (χ0) is 13.8. The maximum atomic E-state index is 10.9. The van der Waals surface area contributed by atoms with Crippen LogP contribution in [0.5, 0.6) is 0 Å². The van der Waals surface area contributed by atoms with Crippen LogP contribution in [0, 0.1) is 12.8 Å². The monoisotopic (exact) mass is 265 g/mol. The van der Waals surface area contributed by atoms with Crippen LogP contribution in [0.3, 0.4) is 0 Å². The summed E-state index contributed by atoms with van der Waals surface area (Å²) in [6.45, 7) is 4.63. The maximum absolute atomic E-state index is 10.9. The molecule has 1 aliphatic carbocycles. The van der Waals surface area contributed by atoms with E-state index in [1.165, 1.54) is 32.1 Å². The van der Waals surface area contributed by atoms with Gasteiger partial charge in [0.1, 0.15) is 17.1 Å². The molecule has 2 atom stereocenters. The lowest BCUT2D eigenvalue weighted by Crippen LogP contribution is -2.27. The van der Waals surface area contributed by atoms with Gasteiger partial charge < -0.3 is 14.8 Å². The third-order valence-electron chi connectivity index (χ3n) is 4.02. The van der Waals surface area contributed by atoms with E-state index in [9.17, 15) is 4.79 Å². The van der Waals surface area contributed by atoms with Gasteiger partial charge in [0.15, 0.2) is 0 Å². The minimum Gasteiger partial charge on any atom is -0.478 e. The van der Waals surface area contributed by atoms with Crippen molar-refractivity contribution in [3.8, 4) is 0 Å². The van der Waals surface area contributed by atoms with Gasteiger partial charge in [0, 0.05) is 6.04 Å². The lowest BCUT2D eigenvalue weighted by Gasteiger charge is -2.15. The molecule has 0 amide bonds. The van der Waals surface area contributed by atoms with Crippen LogP contribution in [0.15, 0.2) is 10.5 Å². The van der Waals surface area contributed by atoms with Crippen molar-refractivity contribution < 1.29 is 14.3 Å². The zero-order valence-corrected chi connectivity index (χ0v) is 11.7. The van der Waals surface area contributed by atoms with Crippen molar-refractivity contribution in [3.63, 3.8) is 0 Å². The fourth-order valence-corrected chi connectivity index (χ4v) is 2.78. The fraction of sp³-hybridized carbons (Fsp3) is 0.667. The lowest BCUT2D eigenvalue weighted by atomic mass is 10.0. The quantitative estimate of drug-likeness (QED) is 0.820. The summed E-state index contributed by atoms with van der Waals surface area (Å²) in [7, 11) is 0. The van der Waals surface area contributed by atoms with Crippen LogP contribution in [0.2, 0.25) is 0 Å². The number of carbonyl (C=O) groups is 1. The molecule has 1 fully saturated rings. The summed E-state index contributed by atoms with van der Waals surface area (Å²) in [6.07, 6.45) is 6.27. The van der Waals surface area contributed by atoms with Gasteiger partial charge in [-0.25, -0.2) is 4.79 Å². The summed E-state index contributed by atoms with van der Waals surface area (Å²) < 4.78 is 5.48. The summed E-state index contributed by atoms with van der Waals surface area (Å²) in [6, 6.07) is 2.16. The molecular weight excluding hydrogens is 242 g/mol. The molecular formula is C15H23NO3. The number of rotatable bonds is 4. The van der Waals surface area contributed by atoms with E-state index in [0.29, 0.717) is 24.1 Å². The van der Waals surface area contributed by atoms with E-state index < -0.39 is 5.97 Å². The summed E-state index contributed by atoms with van der Waals surface area (Å²) in [5.41, 5.74) is 0.270. The van der Waals surface area contributed by atoms with Gasteiger partial charge in [0.05, 0.1) is 6.54 Å². The van der Waals surface area contributed by atoms with Crippen molar-refractivity contribution in [2.75, 3.05) is 0 Å². The Morgan fingerprint density at radius 1 is 1.42 bits per heavy atom. The predicted octanol–water partition coefficient (Wildman–Crippen LogP) is 3.34. The SMILES string of the molecule is Cc1oc(CNC2CCCC(C)CC2)cc1C(=O)O. The van der Waals surface area contributed by atoms with Crippen molar-refractivity contribution in [1.29, 1.82) is 0 Å². The topological polar surface area (TPSA) is 62.5 Å². The highest BCUT2D eigenvalue weighted by atomic mass is 16.4. The van der Waals surface area contributed by atoms with E-state index >= 15 is 0 Å². The Labute approximate surface area is 114 Å². The van der Waals surface area contributed by atoms with Gasteiger partial charge in [-0.3, -0.25) is 0 Å². The Hall–Kier alpha value is -1.29. The number of aromatic carboxylic acids is 1. The largest absolute Gasteiger partial charge is 0.478 e. The molecule has 1 saturated carbocycles. The molecule has 2 unspecified atom stereocenters. The van der Waals surface area contributed by atoms with Gasteiger partial charge in [-0.1, -0.05) is 19.8 Å². The van der Waals surface area contributed by atoms with Gasteiger partial charge in [-0.05, 0) is 38.2 Å². The van der Waals surface area contributed by atoms with Crippen LogP contribution in [-0.2, 0) is 6.54 Å². The Bertz CT molecular complexity index is 439. The van der Waals surface area contributed by atoms with Crippen molar-refractivity contribution in [2.45, 2.75) is 58.5 Å². The highest BCUT2D eigenvalue weighted by Gasteiger charge is 2.17. The number of carboxylic acids is 1. The molecule has 106 valence electrons. The molecule has 1 heterocycles. The second-order valence-corrected chi connectivity index (χ2v) is 5.68. The summed E-state index contributed by atoms with van der Waals surface area (Å²) in [5, 5.41) is 12.5. The Kier molecular flexibility index (Phi) is 4.64. The highest BCUT2D eigenvalue weighted by Crippen LogP contribution is 2.23. The van der Waals surface area contributed by atoms with Crippen molar-refractivity contribution in [1.82, 2.24) is 5.32 Å². The second-order valence-electron chi connectivity index (χ2n) is 5.68. The number of furan rings is 1. The molecule has 2 rings (SSSR count). The van der Waals surface area contributed by atoms with E-state index in [2.05, 4.69) is 12.2 Å². The molecule has 4 heteroatoms. The molecule has 0 aromatic carbocycles. The molecule has 0 saturated heterocycles. The summed E-state index contributed by atoms with van der Waals surface area (Å²) in [4.78, 5) is 10.9. The van der Waals surface area contributed by atoms with E-state index in [1.54, 1.807) is 13.0 Å². The van der Waals surface area contributed by atoms with Crippen LogP contribution in [0.1, 0.15) is 60.9 Å². The smallest absolute Gasteiger partial charge is 0.339 e. The fourth-order valence-electron chi connectivity index (χ4n) is 2.78. The van der Waals surface area contributed by atoms with E-state index in [0.717, 1.165) is 5.92 Å². The first-order chi connectivity index (χ1) is 9.06. The maximum Gasteiger partial charge on any atom is 0.339 e. The van der Waals surface area contributed by atoms with Crippen LogP contribution in [-0.4, -0.2) is 17.1 Å². The average molecular weight is 265 g/mol. The molecule has 1 aromatic heterocycles. The second kappa shape index (κ2) is 6.24. The first kappa shape index (κ1) is 14.1. The van der Waals surface area contributed by atoms with Gasteiger partial charge in [0.2, 0.25) is 0 Å². The number of aryl methyl sites for hydroxylation is 1. The molecule has 0 bridgehead atoms. The number of carboxylic acid groups (broad SMARTS) is 1. The summed E-state index contributed by atoms with van der Waals surface area (Å²) >= 11 is 0. The van der Waals surface area contributed by atoms with E-state index in [4.69, 9.17) is 9.52 Å². The van der Waals surface area contributed by atoms with Gasteiger partial charge in [-0.15, -0.1) is 0 Å².